The molecule has 0 saturated carbocycles. The van der Waals surface area contributed by atoms with E-state index in [1.54, 1.807) is 19.1 Å². The molecule has 2 N–H and O–H groups in total. The van der Waals surface area contributed by atoms with Crippen LogP contribution >= 0.6 is 15.9 Å². The normalized spacial score (nSPS) is 17.3. The molecule has 0 fully saturated rings. The Morgan fingerprint density at radius 1 is 1.17 bits per heavy atom. The molecule has 2 amide bonds. The lowest BCUT2D eigenvalue weighted by Gasteiger charge is -2.28. The first-order valence-electron chi connectivity index (χ1n) is 9.25. The molecule has 30 heavy (non-hydrogen) atoms. The van der Waals surface area contributed by atoms with E-state index in [1.807, 2.05) is 30.3 Å². The summed E-state index contributed by atoms with van der Waals surface area (Å²) in [7, 11) is 0. The highest BCUT2D eigenvalue weighted by Crippen LogP contribution is 2.41. The van der Waals surface area contributed by atoms with Gasteiger partial charge in [-0.05, 0) is 36.8 Å². The second kappa shape index (κ2) is 8.66. The van der Waals surface area contributed by atoms with Crippen LogP contribution in [0, 0.1) is 0 Å². The molecule has 0 saturated heterocycles. The number of carbonyl (C=O) groups excluding carboxylic acids is 2. The maximum Gasteiger partial charge on any atom is 0.338 e. The maximum absolute atomic E-state index is 12.9. The third kappa shape index (κ3) is 4.20. The fourth-order valence-electron chi connectivity index (χ4n) is 3.24. The Bertz CT molecular complexity index is 1010. The number of allylic oxidation sites excluding steroid dienone is 1. The van der Waals surface area contributed by atoms with Gasteiger partial charge in [0.2, 0.25) is 6.79 Å². The highest BCUT2D eigenvalue weighted by Gasteiger charge is 2.34. The molecular weight excluding hydrogens is 456 g/mol. The van der Waals surface area contributed by atoms with Gasteiger partial charge in [0, 0.05) is 10.2 Å². The molecule has 2 heterocycles. The average Bonchev–Trinajstić information content (AvgIpc) is 3.18. The van der Waals surface area contributed by atoms with Crippen LogP contribution in [0.2, 0.25) is 0 Å². The quantitative estimate of drug-likeness (QED) is 0.491. The van der Waals surface area contributed by atoms with E-state index in [2.05, 4.69) is 26.6 Å². The summed E-state index contributed by atoms with van der Waals surface area (Å²) in [6.45, 7) is 2.05. The molecule has 9 heteroatoms. The zero-order chi connectivity index (χ0) is 21.1. The SMILES string of the molecule is CC1=C(C(=O)OCCOc2ccccc2)C(c2cc3c(cc2Br)OCO3)NC(=O)N1. The fourth-order valence-corrected chi connectivity index (χ4v) is 3.79. The van der Waals surface area contributed by atoms with Crippen LogP contribution in [0.5, 0.6) is 17.2 Å². The molecule has 0 aliphatic carbocycles. The van der Waals surface area contributed by atoms with E-state index in [0.717, 1.165) is 0 Å². The summed E-state index contributed by atoms with van der Waals surface area (Å²) < 4.78 is 22.4. The number of rotatable bonds is 6. The molecule has 8 nitrogen and oxygen atoms in total. The molecule has 2 aromatic carbocycles. The van der Waals surface area contributed by atoms with E-state index in [-0.39, 0.29) is 20.0 Å². The van der Waals surface area contributed by atoms with Gasteiger partial charge in [-0.1, -0.05) is 34.1 Å². The number of esters is 1. The van der Waals surface area contributed by atoms with E-state index in [0.29, 0.717) is 38.6 Å². The molecule has 0 radical (unpaired) electrons. The molecule has 1 unspecified atom stereocenters. The van der Waals surface area contributed by atoms with Crippen molar-refractivity contribution in [2.24, 2.45) is 0 Å². The Morgan fingerprint density at radius 2 is 1.90 bits per heavy atom. The minimum absolute atomic E-state index is 0.0630. The standard InChI is InChI=1S/C21H19BrN2O6/c1-12-18(20(25)28-8-7-27-13-5-3-2-4-6-13)19(24-21(26)23-12)14-9-16-17(10-15(14)22)30-11-29-16/h2-6,9-10,19H,7-8,11H2,1H3,(H2,23,24,26). The van der Waals surface area contributed by atoms with Gasteiger partial charge < -0.3 is 29.6 Å². The maximum atomic E-state index is 12.9. The van der Waals surface area contributed by atoms with Crippen LogP contribution in [0.1, 0.15) is 18.5 Å². The number of para-hydroxylation sites is 1. The number of halogens is 1. The van der Waals surface area contributed by atoms with Crippen LogP contribution in [-0.2, 0) is 9.53 Å². The molecule has 2 aliphatic heterocycles. The van der Waals surface area contributed by atoms with Crippen molar-refractivity contribution >= 4 is 27.9 Å². The number of amides is 2. The molecule has 1 atom stereocenters. The van der Waals surface area contributed by atoms with Crippen molar-refractivity contribution in [1.82, 2.24) is 10.6 Å². The van der Waals surface area contributed by atoms with E-state index >= 15 is 0 Å². The van der Waals surface area contributed by atoms with Crippen molar-refractivity contribution < 1.29 is 28.5 Å². The van der Waals surface area contributed by atoms with Crippen molar-refractivity contribution in [3.8, 4) is 17.2 Å². The molecule has 0 bridgehead atoms. The summed E-state index contributed by atoms with van der Waals surface area (Å²) in [4.78, 5) is 24.9. The third-order valence-electron chi connectivity index (χ3n) is 4.62. The topological polar surface area (TPSA) is 95.1 Å². The molecule has 156 valence electrons. The zero-order valence-corrected chi connectivity index (χ0v) is 17.7. The van der Waals surface area contributed by atoms with E-state index in [1.165, 1.54) is 0 Å². The third-order valence-corrected chi connectivity index (χ3v) is 5.31. The molecule has 4 rings (SSSR count). The van der Waals surface area contributed by atoms with Gasteiger partial charge in [0.1, 0.15) is 19.0 Å². The first-order valence-corrected chi connectivity index (χ1v) is 10.0. The number of fused-ring (bicyclic) bond motifs is 1. The van der Waals surface area contributed by atoms with Crippen LogP contribution in [-0.4, -0.2) is 32.0 Å². The first-order chi connectivity index (χ1) is 14.5. The minimum Gasteiger partial charge on any atom is -0.490 e. The molecule has 0 aromatic heterocycles. The summed E-state index contributed by atoms with van der Waals surface area (Å²) in [5.74, 6) is 1.28. The smallest absolute Gasteiger partial charge is 0.338 e. The lowest BCUT2D eigenvalue weighted by atomic mass is 9.95. The Kier molecular flexibility index (Phi) is 5.80. The monoisotopic (exact) mass is 474 g/mol. The number of urea groups is 1. The molecule has 2 aliphatic rings. The Hall–Kier alpha value is -3.20. The minimum atomic E-state index is -0.717. The van der Waals surface area contributed by atoms with Crippen LogP contribution in [0.15, 0.2) is 58.2 Å². The number of carbonyl (C=O) groups is 2. The first kappa shape index (κ1) is 20.1. The van der Waals surface area contributed by atoms with Crippen molar-refractivity contribution in [1.29, 1.82) is 0 Å². The number of ether oxygens (including phenoxy) is 4. The van der Waals surface area contributed by atoms with Crippen molar-refractivity contribution in [2.75, 3.05) is 20.0 Å². The van der Waals surface area contributed by atoms with E-state index in [4.69, 9.17) is 18.9 Å². The Morgan fingerprint density at radius 3 is 2.67 bits per heavy atom. The largest absolute Gasteiger partial charge is 0.490 e. The van der Waals surface area contributed by atoms with Gasteiger partial charge in [0.05, 0.1) is 11.6 Å². The Balaban J connectivity index is 1.50. The number of hydrogen-bond acceptors (Lipinski definition) is 6. The molecule has 2 aromatic rings. The van der Waals surface area contributed by atoms with Gasteiger partial charge >= 0.3 is 12.0 Å². The lowest BCUT2D eigenvalue weighted by Crippen LogP contribution is -2.45. The van der Waals surface area contributed by atoms with E-state index < -0.39 is 18.0 Å². The number of nitrogens with one attached hydrogen (secondary N) is 2. The number of benzene rings is 2. The van der Waals surface area contributed by atoms with Crippen LogP contribution < -0.4 is 24.8 Å². The summed E-state index contributed by atoms with van der Waals surface area (Å²) in [6, 6.07) is 11.6. The summed E-state index contributed by atoms with van der Waals surface area (Å²) in [5.41, 5.74) is 1.37. The highest BCUT2D eigenvalue weighted by atomic mass is 79.9. The number of hydrogen-bond donors (Lipinski definition) is 2. The summed E-state index contributed by atoms with van der Waals surface area (Å²) in [5, 5.41) is 5.40. The van der Waals surface area contributed by atoms with Crippen LogP contribution in [0.3, 0.4) is 0 Å². The van der Waals surface area contributed by atoms with Gasteiger partial charge in [0.25, 0.3) is 0 Å². The molecular formula is C21H19BrN2O6. The van der Waals surface area contributed by atoms with E-state index in [9.17, 15) is 9.59 Å². The fraction of sp³-hybridized carbons (Fsp3) is 0.238. The zero-order valence-electron chi connectivity index (χ0n) is 16.1. The Labute approximate surface area is 181 Å². The predicted molar refractivity (Wildman–Crippen MR) is 110 cm³/mol. The predicted octanol–water partition coefficient (Wildman–Crippen LogP) is 3.43. The van der Waals surface area contributed by atoms with Gasteiger partial charge in [0.15, 0.2) is 11.5 Å². The van der Waals surface area contributed by atoms with Gasteiger partial charge in [-0.3, -0.25) is 0 Å². The van der Waals surface area contributed by atoms with Crippen LogP contribution in [0.25, 0.3) is 0 Å². The average molecular weight is 475 g/mol. The second-order valence-electron chi connectivity index (χ2n) is 6.59. The van der Waals surface area contributed by atoms with Crippen molar-refractivity contribution in [2.45, 2.75) is 13.0 Å². The highest BCUT2D eigenvalue weighted by molar-refractivity contribution is 9.10. The van der Waals surface area contributed by atoms with Gasteiger partial charge in [-0.2, -0.15) is 0 Å². The van der Waals surface area contributed by atoms with Gasteiger partial charge in [-0.15, -0.1) is 0 Å². The van der Waals surface area contributed by atoms with Gasteiger partial charge in [-0.25, -0.2) is 9.59 Å². The summed E-state index contributed by atoms with van der Waals surface area (Å²) in [6.07, 6.45) is 0. The lowest BCUT2D eigenvalue weighted by molar-refractivity contribution is -0.140. The summed E-state index contributed by atoms with van der Waals surface area (Å²) >= 11 is 3.49. The molecule has 0 spiro atoms. The van der Waals surface area contributed by atoms with Crippen LogP contribution in [0.4, 0.5) is 4.79 Å². The van der Waals surface area contributed by atoms with Crippen molar-refractivity contribution in [3.05, 3.63) is 63.8 Å². The second-order valence-corrected chi connectivity index (χ2v) is 7.45. The van der Waals surface area contributed by atoms with Crippen molar-refractivity contribution in [3.63, 3.8) is 0 Å².